The highest BCUT2D eigenvalue weighted by Crippen LogP contribution is 2.46. The summed E-state index contributed by atoms with van der Waals surface area (Å²) in [5, 5.41) is 6.30. The third-order valence-corrected chi connectivity index (χ3v) is 18.0. The van der Waals surface area contributed by atoms with Gasteiger partial charge < -0.3 is 9.47 Å². The molecule has 0 saturated carbocycles. The summed E-state index contributed by atoms with van der Waals surface area (Å²) in [5.74, 6) is 0.348. The Morgan fingerprint density at radius 1 is 0.375 bits per heavy atom. The molecular weight excluding hydrogens is 921 g/mol. The molecule has 0 aliphatic heterocycles. The fourth-order valence-corrected chi connectivity index (χ4v) is 13.5. The van der Waals surface area contributed by atoms with Crippen LogP contribution in [0.4, 0.5) is 0 Å². The minimum Gasteiger partial charge on any atom is -0.462 e. The van der Waals surface area contributed by atoms with Gasteiger partial charge in [-0.15, -0.1) is 22.7 Å². The average Bonchev–Trinajstić information content (AvgIpc) is 4.06. The summed E-state index contributed by atoms with van der Waals surface area (Å²) in [6.07, 6.45) is 40.8. The number of carbonyl (C=O) groups excluding carboxylic acids is 2. The van der Waals surface area contributed by atoms with Crippen molar-refractivity contribution in [2.45, 2.75) is 233 Å². The zero-order chi connectivity index (χ0) is 50.6. The van der Waals surface area contributed by atoms with Crippen LogP contribution in [-0.2, 0) is 9.47 Å². The van der Waals surface area contributed by atoms with Crippen LogP contribution >= 0.6 is 22.7 Å². The van der Waals surface area contributed by atoms with E-state index in [1.807, 2.05) is 0 Å². The maximum absolute atomic E-state index is 14.4. The quantitative estimate of drug-likeness (QED) is 0.0285. The van der Waals surface area contributed by atoms with E-state index in [0.29, 0.717) is 36.2 Å². The normalized spacial score (nSPS) is 12.7. The van der Waals surface area contributed by atoms with E-state index in [1.165, 1.54) is 180 Å². The molecule has 2 heterocycles. The number of carbonyl (C=O) groups is 2. The second-order valence-corrected chi connectivity index (χ2v) is 23.7. The van der Waals surface area contributed by atoms with E-state index in [9.17, 15) is 9.59 Å². The largest absolute Gasteiger partial charge is 0.462 e. The van der Waals surface area contributed by atoms with Crippen molar-refractivity contribution in [3.63, 3.8) is 0 Å². The lowest BCUT2D eigenvalue weighted by molar-refractivity contribution is 0.0416. The van der Waals surface area contributed by atoms with Crippen molar-refractivity contribution in [3.8, 4) is 9.75 Å². The SMILES string of the molecule is CCCCCCCCCCC(CCCCCCCC)COC(=O)c1cc2ccccc2c2sc(-c3cc4c(C(=O)OCC(CCCCCCCC)CCCCCCCCCC)cc5ccccc5c4s3)cc12. The van der Waals surface area contributed by atoms with Gasteiger partial charge in [-0.2, -0.15) is 0 Å². The summed E-state index contributed by atoms with van der Waals surface area (Å²) in [6, 6.07) is 25.4. The first-order valence-electron chi connectivity index (χ1n) is 29.7. The van der Waals surface area contributed by atoms with Crippen molar-refractivity contribution in [3.05, 3.63) is 83.9 Å². The molecule has 6 rings (SSSR count). The minimum atomic E-state index is -0.219. The molecule has 0 aliphatic carbocycles. The van der Waals surface area contributed by atoms with Crippen LogP contribution in [0.2, 0.25) is 0 Å². The lowest BCUT2D eigenvalue weighted by Crippen LogP contribution is -2.15. The first-order valence-corrected chi connectivity index (χ1v) is 31.3. The minimum absolute atomic E-state index is 0.219. The molecule has 72 heavy (non-hydrogen) atoms. The van der Waals surface area contributed by atoms with Crippen molar-refractivity contribution in [1.29, 1.82) is 0 Å². The Hall–Kier alpha value is -3.74. The molecular formula is C66H94O4S2. The third kappa shape index (κ3) is 18.3. The Balaban J connectivity index is 1.20. The zero-order valence-corrected chi connectivity index (χ0v) is 47.2. The molecule has 2 aromatic heterocycles. The van der Waals surface area contributed by atoms with Gasteiger partial charge in [0.2, 0.25) is 0 Å². The number of esters is 2. The number of rotatable bonds is 39. The maximum Gasteiger partial charge on any atom is 0.338 e. The number of benzene rings is 4. The van der Waals surface area contributed by atoms with Gasteiger partial charge in [0, 0.05) is 29.9 Å². The number of thiophene rings is 2. The van der Waals surface area contributed by atoms with Crippen molar-refractivity contribution in [2.24, 2.45) is 11.8 Å². The fraction of sp³-hybridized carbons (Fsp3) is 0.606. The number of fused-ring (bicyclic) bond motifs is 6. The fourth-order valence-electron chi connectivity index (χ4n) is 11.0. The zero-order valence-electron chi connectivity index (χ0n) is 45.6. The van der Waals surface area contributed by atoms with Crippen LogP contribution in [0.5, 0.6) is 0 Å². The highest BCUT2D eigenvalue weighted by Gasteiger charge is 2.23. The van der Waals surface area contributed by atoms with Crippen molar-refractivity contribution >= 4 is 76.3 Å². The molecule has 0 amide bonds. The Kier molecular flexibility index (Phi) is 26.6. The molecule has 2 unspecified atom stereocenters. The van der Waals surface area contributed by atoms with Crippen LogP contribution in [-0.4, -0.2) is 25.2 Å². The predicted octanol–water partition coefficient (Wildman–Crippen LogP) is 22.2. The molecule has 4 aromatic carbocycles. The van der Waals surface area contributed by atoms with E-state index in [2.05, 4.69) is 100 Å². The first kappa shape index (κ1) is 57.5. The molecule has 0 fully saturated rings. The molecule has 6 heteroatoms. The van der Waals surface area contributed by atoms with Crippen molar-refractivity contribution in [2.75, 3.05) is 13.2 Å². The highest BCUT2D eigenvalue weighted by atomic mass is 32.1. The number of hydrogen-bond acceptors (Lipinski definition) is 6. The van der Waals surface area contributed by atoms with Crippen molar-refractivity contribution < 1.29 is 19.1 Å². The predicted molar refractivity (Wildman–Crippen MR) is 316 cm³/mol. The van der Waals surface area contributed by atoms with Gasteiger partial charge in [-0.3, -0.25) is 0 Å². The molecule has 6 aromatic rings. The molecule has 4 nitrogen and oxygen atoms in total. The second kappa shape index (κ2) is 33.2. The van der Waals surface area contributed by atoms with E-state index in [1.54, 1.807) is 22.7 Å². The smallest absolute Gasteiger partial charge is 0.338 e. The van der Waals surface area contributed by atoms with E-state index >= 15 is 0 Å². The van der Waals surface area contributed by atoms with E-state index < -0.39 is 0 Å². The molecule has 0 bridgehead atoms. The summed E-state index contributed by atoms with van der Waals surface area (Å²) in [5.41, 5.74) is 1.30. The molecule has 2 atom stereocenters. The monoisotopic (exact) mass is 1010 g/mol. The third-order valence-electron chi connectivity index (χ3n) is 15.5. The standard InChI is InChI=1S/C66H94O4S2/c1-5-9-13-17-21-23-27-31-39-51(37-29-25-19-15-11-7-3)49-69-65(67)59-45-53-41-33-35-43-55(53)63-57(59)47-61(71-63)62-48-58-60(46-54-42-34-36-44-56(54)64(58)72-62)66(68)70-50-52(38-30-26-20-16-12-8-4)40-32-28-24-22-18-14-10-6-2/h33-36,41-48,51-52H,5-32,37-40,49-50H2,1-4H3. The van der Waals surface area contributed by atoms with Crippen LogP contribution < -0.4 is 0 Å². The summed E-state index contributed by atoms with van der Waals surface area (Å²) >= 11 is 3.48. The topological polar surface area (TPSA) is 52.6 Å². The Morgan fingerprint density at radius 3 is 0.986 bits per heavy atom. The second-order valence-electron chi connectivity index (χ2n) is 21.6. The van der Waals surface area contributed by atoms with Gasteiger partial charge in [0.05, 0.1) is 24.3 Å². The lowest BCUT2D eigenvalue weighted by Gasteiger charge is -2.18. The number of ether oxygens (including phenoxy) is 2. The number of hydrogen-bond donors (Lipinski definition) is 0. The van der Waals surface area contributed by atoms with Crippen LogP contribution in [0.25, 0.3) is 51.5 Å². The molecule has 0 spiro atoms. The van der Waals surface area contributed by atoms with E-state index in [-0.39, 0.29) is 11.9 Å². The van der Waals surface area contributed by atoms with Gasteiger partial charge >= 0.3 is 11.9 Å². The van der Waals surface area contributed by atoms with Gasteiger partial charge in [0.25, 0.3) is 0 Å². The van der Waals surface area contributed by atoms with Crippen molar-refractivity contribution in [1.82, 2.24) is 0 Å². The summed E-state index contributed by atoms with van der Waals surface area (Å²) in [7, 11) is 0. The average molecular weight is 1020 g/mol. The maximum atomic E-state index is 14.4. The summed E-state index contributed by atoms with van der Waals surface area (Å²) in [4.78, 5) is 31.0. The Bertz CT molecular complexity index is 2300. The van der Waals surface area contributed by atoms with Crippen LogP contribution in [0.3, 0.4) is 0 Å². The molecule has 0 N–H and O–H groups in total. The Labute approximate surface area is 444 Å². The van der Waals surface area contributed by atoms with Gasteiger partial charge in [-0.25, -0.2) is 9.59 Å². The Morgan fingerprint density at radius 2 is 0.667 bits per heavy atom. The molecule has 394 valence electrons. The van der Waals surface area contributed by atoms with Gasteiger partial charge in [0.15, 0.2) is 0 Å². The van der Waals surface area contributed by atoms with Gasteiger partial charge in [-0.1, -0.05) is 256 Å². The van der Waals surface area contributed by atoms with E-state index in [4.69, 9.17) is 9.47 Å². The highest BCUT2D eigenvalue weighted by molar-refractivity contribution is 7.29. The summed E-state index contributed by atoms with van der Waals surface area (Å²) < 4.78 is 14.9. The van der Waals surface area contributed by atoms with Gasteiger partial charge in [0.1, 0.15) is 0 Å². The van der Waals surface area contributed by atoms with E-state index in [0.717, 1.165) is 77.2 Å². The molecule has 0 saturated heterocycles. The lowest BCUT2D eigenvalue weighted by atomic mass is 9.94. The number of unbranched alkanes of at least 4 members (excludes halogenated alkanes) is 24. The molecule has 0 radical (unpaired) electrons. The summed E-state index contributed by atoms with van der Waals surface area (Å²) in [6.45, 7) is 10.1. The van der Waals surface area contributed by atoms with Crippen LogP contribution in [0.1, 0.15) is 254 Å². The van der Waals surface area contributed by atoms with Crippen LogP contribution in [0.15, 0.2) is 72.8 Å². The molecule has 0 aliphatic rings. The van der Waals surface area contributed by atoms with Crippen LogP contribution in [0, 0.1) is 11.8 Å². The van der Waals surface area contributed by atoms with Gasteiger partial charge in [-0.05, 0) is 83.3 Å². The first-order chi connectivity index (χ1) is 35.4.